The van der Waals surface area contributed by atoms with Gasteiger partial charge in [-0.05, 0) is 0 Å². The number of ketones is 6. The van der Waals surface area contributed by atoms with Gasteiger partial charge in [0.15, 0.2) is 11.7 Å². The Kier molecular flexibility index (Phi) is 7.40. The van der Waals surface area contributed by atoms with Crippen LogP contribution in [0, 0.1) is 0 Å². The zero-order valence-corrected chi connectivity index (χ0v) is 14.0. The van der Waals surface area contributed by atoms with Crippen molar-refractivity contribution in [3.8, 4) is 0 Å². The molecule has 0 amide bonds. The molecule has 0 fully saturated rings. The minimum absolute atomic E-state index is 0.378. The summed E-state index contributed by atoms with van der Waals surface area (Å²) in [5.41, 5.74) is 0. The molecule has 0 aromatic heterocycles. The first-order chi connectivity index (χ1) is 10.6. The molecule has 9 heteroatoms. The zero-order chi connectivity index (χ0) is 18.4. The SMILES string of the molecule is CC[Si](CC)(CC)C(=O)C(=O)C(=O)C(=O)C(=O)C(=O)C(=O)C=O. The van der Waals surface area contributed by atoms with Gasteiger partial charge in [0.25, 0.3) is 34.7 Å². The Morgan fingerprint density at radius 1 is 0.652 bits per heavy atom. The smallest absolute Gasteiger partial charge is 0.281 e. The Labute approximate surface area is 132 Å². The van der Waals surface area contributed by atoms with E-state index in [9.17, 15) is 38.4 Å². The molecule has 124 valence electrons. The molecule has 0 heterocycles. The maximum Gasteiger partial charge on any atom is 0.281 e. The number of hydrogen-bond acceptors (Lipinski definition) is 8. The van der Waals surface area contributed by atoms with Crippen LogP contribution in [0.5, 0.6) is 0 Å². The van der Waals surface area contributed by atoms with Gasteiger partial charge in [-0.1, -0.05) is 38.9 Å². The number of rotatable bonds is 11. The predicted molar refractivity (Wildman–Crippen MR) is 78.3 cm³/mol. The van der Waals surface area contributed by atoms with Crippen molar-refractivity contribution in [2.24, 2.45) is 0 Å². The maximum absolute atomic E-state index is 12.2. The summed E-state index contributed by atoms with van der Waals surface area (Å²) in [4.78, 5) is 90.5. The van der Waals surface area contributed by atoms with Crippen molar-refractivity contribution in [3.63, 3.8) is 0 Å². The first-order valence-corrected chi connectivity index (χ1v) is 9.51. The second-order valence-corrected chi connectivity index (χ2v) is 9.93. The van der Waals surface area contributed by atoms with Crippen molar-refractivity contribution >= 4 is 54.5 Å². The molecule has 0 bridgehead atoms. The van der Waals surface area contributed by atoms with Gasteiger partial charge in [0.1, 0.15) is 8.07 Å². The molecule has 0 unspecified atom stereocenters. The van der Waals surface area contributed by atoms with Crippen molar-refractivity contribution in [2.45, 2.75) is 38.9 Å². The lowest BCUT2D eigenvalue weighted by Crippen LogP contribution is -2.51. The average molecular weight is 340 g/mol. The Morgan fingerprint density at radius 3 is 1.35 bits per heavy atom. The van der Waals surface area contributed by atoms with Gasteiger partial charge in [0.05, 0.1) is 0 Å². The van der Waals surface area contributed by atoms with Crippen LogP contribution in [0.3, 0.4) is 0 Å². The van der Waals surface area contributed by atoms with Gasteiger partial charge in [0, 0.05) is 0 Å². The fourth-order valence-corrected chi connectivity index (χ4v) is 5.11. The van der Waals surface area contributed by atoms with E-state index in [0.717, 1.165) is 0 Å². The molecule has 0 aliphatic heterocycles. The van der Waals surface area contributed by atoms with Crippen molar-refractivity contribution in [2.75, 3.05) is 0 Å². The standard InChI is InChI=1S/C14H16O8Si/c1-4-23(5-2,6-3)14(22)13(21)12(20)11(19)10(18)9(17)8(16)7-15/h7H,4-6H2,1-3H3. The first kappa shape index (κ1) is 20.6. The summed E-state index contributed by atoms with van der Waals surface area (Å²) in [5, 5.41) is -0.981. The molecule has 0 saturated carbocycles. The Balaban J connectivity index is 5.42. The van der Waals surface area contributed by atoms with Gasteiger partial charge in [-0.15, -0.1) is 0 Å². The molecule has 0 saturated heterocycles. The van der Waals surface area contributed by atoms with Crippen molar-refractivity contribution < 1.29 is 38.4 Å². The summed E-state index contributed by atoms with van der Waals surface area (Å²) in [7, 11) is -2.76. The van der Waals surface area contributed by atoms with Gasteiger partial charge in [-0.2, -0.15) is 0 Å². The molecule has 0 aliphatic rings. The molecule has 23 heavy (non-hydrogen) atoms. The van der Waals surface area contributed by atoms with E-state index in [0.29, 0.717) is 18.1 Å². The van der Waals surface area contributed by atoms with Crippen LogP contribution < -0.4 is 0 Å². The highest BCUT2D eigenvalue weighted by molar-refractivity contribution is 7.19. The van der Waals surface area contributed by atoms with Crippen LogP contribution in [0.4, 0.5) is 0 Å². The molecule has 0 aliphatic carbocycles. The van der Waals surface area contributed by atoms with E-state index in [1.165, 1.54) is 0 Å². The van der Waals surface area contributed by atoms with E-state index in [1.807, 2.05) is 0 Å². The third kappa shape index (κ3) is 4.06. The first-order valence-electron chi connectivity index (χ1n) is 6.89. The predicted octanol–water partition coefficient (Wildman–Crippen LogP) is -0.783. The Hall–Kier alpha value is -2.42. The van der Waals surface area contributed by atoms with E-state index in [1.54, 1.807) is 20.8 Å². The topological polar surface area (TPSA) is 137 Å². The van der Waals surface area contributed by atoms with Gasteiger partial charge in [0.2, 0.25) is 0 Å². The van der Waals surface area contributed by atoms with Crippen LogP contribution in [0.1, 0.15) is 20.8 Å². The van der Waals surface area contributed by atoms with E-state index in [-0.39, 0.29) is 0 Å². The van der Waals surface area contributed by atoms with Crippen LogP contribution in [0.25, 0.3) is 0 Å². The summed E-state index contributed by atoms with van der Waals surface area (Å²) >= 11 is 0. The monoisotopic (exact) mass is 340 g/mol. The number of aldehydes is 1. The van der Waals surface area contributed by atoms with Crippen LogP contribution in [-0.2, 0) is 38.4 Å². The molecule has 8 nitrogen and oxygen atoms in total. The molecular formula is C14H16O8Si. The highest BCUT2D eigenvalue weighted by atomic mass is 28.3. The van der Waals surface area contributed by atoms with Crippen molar-refractivity contribution in [1.29, 1.82) is 0 Å². The normalized spacial score (nSPS) is 10.6. The molecule has 0 radical (unpaired) electrons. The van der Waals surface area contributed by atoms with Gasteiger partial charge in [-0.3, -0.25) is 38.4 Å². The van der Waals surface area contributed by atoms with E-state index >= 15 is 0 Å². The number of Topliss-reactive ketones (excluding diaryl/α,β-unsaturated/α-hetero) is 6. The van der Waals surface area contributed by atoms with Crippen molar-refractivity contribution in [1.82, 2.24) is 0 Å². The number of carbonyl (C=O) groups is 8. The molecule has 0 rings (SSSR count). The quantitative estimate of drug-likeness (QED) is 0.207. The zero-order valence-electron chi connectivity index (χ0n) is 13.0. The van der Waals surface area contributed by atoms with Gasteiger partial charge < -0.3 is 0 Å². The van der Waals surface area contributed by atoms with E-state index in [2.05, 4.69) is 0 Å². The summed E-state index contributed by atoms with van der Waals surface area (Å²) in [6.45, 7) is 5.07. The van der Waals surface area contributed by atoms with Crippen LogP contribution in [0.2, 0.25) is 18.1 Å². The maximum atomic E-state index is 12.2. The number of hydrogen-bond donors (Lipinski definition) is 0. The highest BCUT2D eigenvalue weighted by Crippen LogP contribution is 2.21. The second kappa shape index (κ2) is 8.27. The highest BCUT2D eigenvalue weighted by Gasteiger charge is 2.45. The third-order valence-electron chi connectivity index (χ3n) is 3.87. The number of carbonyl (C=O) groups excluding carboxylic acids is 8. The fourth-order valence-electron chi connectivity index (χ4n) is 2.05. The Morgan fingerprint density at radius 2 is 1.00 bits per heavy atom. The summed E-state index contributed by atoms with van der Waals surface area (Å²) in [6.07, 6.45) is -0.492. The average Bonchev–Trinajstić information content (AvgIpc) is 2.59. The molecule has 0 spiro atoms. The Bertz CT molecular complexity index is 604. The van der Waals surface area contributed by atoms with E-state index < -0.39 is 54.5 Å². The minimum atomic E-state index is -2.76. The summed E-state index contributed by atoms with van der Waals surface area (Å²) in [6, 6.07) is 1.13. The van der Waals surface area contributed by atoms with Gasteiger partial charge in [-0.25, -0.2) is 0 Å². The lowest BCUT2D eigenvalue weighted by Gasteiger charge is -2.24. The van der Waals surface area contributed by atoms with E-state index in [4.69, 9.17) is 0 Å². The molecular weight excluding hydrogens is 324 g/mol. The van der Waals surface area contributed by atoms with Gasteiger partial charge >= 0.3 is 0 Å². The second-order valence-electron chi connectivity index (χ2n) is 4.80. The lowest BCUT2D eigenvalue weighted by molar-refractivity contribution is -0.153. The fraction of sp³-hybridized carbons (Fsp3) is 0.429. The third-order valence-corrected chi connectivity index (χ3v) is 9.13. The van der Waals surface area contributed by atoms with Crippen LogP contribution in [0.15, 0.2) is 0 Å². The van der Waals surface area contributed by atoms with Crippen molar-refractivity contribution in [3.05, 3.63) is 0 Å². The summed E-state index contributed by atoms with van der Waals surface area (Å²) in [5.74, 6) is -11.6. The minimum Gasteiger partial charge on any atom is -0.296 e. The molecule has 0 aromatic carbocycles. The largest absolute Gasteiger partial charge is 0.296 e. The lowest BCUT2D eigenvalue weighted by atomic mass is 10.0. The summed E-state index contributed by atoms with van der Waals surface area (Å²) < 4.78 is 0. The van der Waals surface area contributed by atoms with Crippen LogP contribution >= 0.6 is 0 Å². The molecule has 0 aromatic rings. The molecule has 0 N–H and O–H groups in total. The molecule has 0 atom stereocenters. The van der Waals surface area contributed by atoms with Crippen LogP contribution in [-0.4, -0.2) is 54.5 Å².